The minimum Gasteiger partial charge on any atom is -0.465 e. The van der Waals surface area contributed by atoms with Crippen LogP contribution < -0.4 is 0 Å². The summed E-state index contributed by atoms with van der Waals surface area (Å²) < 4.78 is 4.61. The molecule has 1 aliphatic rings. The van der Waals surface area contributed by atoms with E-state index in [9.17, 15) is 9.59 Å². The van der Waals surface area contributed by atoms with Crippen molar-refractivity contribution in [1.29, 1.82) is 0 Å². The number of hydrogen-bond donors (Lipinski definition) is 0. The fourth-order valence-corrected chi connectivity index (χ4v) is 1.40. The summed E-state index contributed by atoms with van der Waals surface area (Å²) in [4.78, 5) is 21.4. The molecule has 0 fully saturated rings. The Bertz CT molecular complexity index is 350. The van der Waals surface area contributed by atoms with Crippen molar-refractivity contribution in [2.75, 3.05) is 7.11 Å². The monoisotopic (exact) mass is 206 g/mol. The summed E-state index contributed by atoms with van der Waals surface area (Å²) in [6.07, 6.45) is 10.2. The van der Waals surface area contributed by atoms with E-state index in [1.807, 2.05) is 25.2 Å². The van der Waals surface area contributed by atoms with Gasteiger partial charge in [-0.3, -0.25) is 4.79 Å². The van der Waals surface area contributed by atoms with Crippen LogP contribution in [0.2, 0.25) is 0 Å². The largest absolute Gasteiger partial charge is 0.465 e. The summed E-state index contributed by atoms with van der Waals surface area (Å²) in [7, 11) is 1.36. The highest BCUT2D eigenvalue weighted by atomic mass is 16.5. The Hall–Kier alpha value is -1.64. The smallest absolute Gasteiger partial charge is 0.337 e. The summed E-state index contributed by atoms with van der Waals surface area (Å²) >= 11 is 0. The lowest BCUT2D eigenvalue weighted by Gasteiger charge is -2.23. The molecule has 0 radical (unpaired) electrons. The van der Waals surface area contributed by atoms with E-state index >= 15 is 0 Å². The van der Waals surface area contributed by atoms with Crippen molar-refractivity contribution in [3.63, 3.8) is 0 Å². The topological polar surface area (TPSA) is 43.4 Å². The van der Waals surface area contributed by atoms with Crippen molar-refractivity contribution in [2.24, 2.45) is 5.41 Å². The van der Waals surface area contributed by atoms with Crippen LogP contribution in [0.1, 0.15) is 13.3 Å². The lowest BCUT2D eigenvalue weighted by molar-refractivity contribution is -0.135. The van der Waals surface area contributed by atoms with Crippen LogP contribution in [0.4, 0.5) is 0 Å². The average Bonchev–Trinajstić information content (AvgIpc) is 2.26. The number of methoxy groups -OCH3 is 1. The van der Waals surface area contributed by atoms with Crippen LogP contribution in [-0.2, 0) is 14.3 Å². The average molecular weight is 206 g/mol. The third-order valence-electron chi connectivity index (χ3n) is 2.38. The molecule has 0 bridgehead atoms. The number of carbonyl (C=O) groups excluding carboxylic acids is 2. The third kappa shape index (κ3) is 2.91. The summed E-state index contributed by atoms with van der Waals surface area (Å²) in [5.74, 6) is -0.326. The predicted molar refractivity (Wildman–Crippen MR) is 57.2 cm³/mol. The van der Waals surface area contributed by atoms with Crippen molar-refractivity contribution >= 4 is 12.3 Å². The maximum atomic E-state index is 11.2. The fourth-order valence-electron chi connectivity index (χ4n) is 1.40. The number of allylic oxidation sites excluding steroid dienone is 4. The third-order valence-corrected chi connectivity index (χ3v) is 2.38. The number of carbonyl (C=O) groups is 2. The van der Waals surface area contributed by atoms with Crippen LogP contribution in [0.15, 0.2) is 36.0 Å². The molecule has 3 nitrogen and oxygen atoms in total. The molecule has 3 heteroatoms. The van der Waals surface area contributed by atoms with E-state index in [1.165, 1.54) is 13.2 Å². The molecular formula is C12H14O3. The van der Waals surface area contributed by atoms with Gasteiger partial charge in [0, 0.05) is 5.41 Å². The molecule has 1 rings (SSSR count). The molecule has 0 saturated heterocycles. The number of rotatable bonds is 3. The molecule has 0 aromatic heterocycles. The first-order valence-corrected chi connectivity index (χ1v) is 4.72. The highest BCUT2D eigenvalue weighted by molar-refractivity contribution is 5.91. The van der Waals surface area contributed by atoms with Gasteiger partial charge in [-0.15, -0.1) is 0 Å². The molecule has 0 aromatic rings. The van der Waals surface area contributed by atoms with E-state index in [4.69, 9.17) is 0 Å². The number of aldehydes is 1. The van der Waals surface area contributed by atoms with Crippen molar-refractivity contribution in [3.05, 3.63) is 36.0 Å². The molecule has 0 heterocycles. The first-order valence-electron chi connectivity index (χ1n) is 4.72. The van der Waals surface area contributed by atoms with E-state index in [0.29, 0.717) is 12.0 Å². The highest BCUT2D eigenvalue weighted by Crippen LogP contribution is 2.30. The Balaban J connectivity index is 2.74. The normalized spacial score (nSPS) is 25.1. The molecule has 80 valence electrons. The van der Waals surface area contributed by atoms with Crippen LogP contribution in [-0.4, -0.2) is 19.4 Å². The maximum absolute atomic E-state index is 11.2. The van der Waals surface area contributed by atoms with Crippen LogP contribution in [0.3, 0.4) is 0 Å². The zero-order valence-corrected chi connectivity index (χ0v) is 8.90. The fraction of sp³-hybridized carbons (Fsp3) is 0.333. The van der Waals surface area contributed by atoms with E-state index < -0.39 is 0 Å². The van der Waals surface area contributed by atoms with Gasteiger partial charge in [-0.1, -0.05) is 31.2 Å². The number of hydrogen-bond acceptors (Lipinski definition) is 3. The van der Waals surface area contributed by atoms with Gasteiger partial charge in [0.1, 0.15) is 6.29 Å². The lowest BCUT2D eigenvalue weighted by atomic mass is 9.82. The van der Waals surface area contributed by atoms with Gasteiger partial charge in [-0.25, -0.2) is 4.79 Å². The van der Waals surface area contributed by atoms with Crippen LogP contribution >= 0.6 is 0 Å². The molecule has 0 aromatic carbocycles. The SMILES string of the molecule is COC(=O)C1=CCC(C)(/C=C/C=O)C=C1. The Kier molecular flexibility index (Phi) is 3.61. The Morgan fingerprint density at radius 2 is 2.33 bits per heavy atom. The quantitative estimate of drug-likeness (QED) is 0.402. The molecule has 0 N–H and O–H groups in total. The standard InChI is InChI=1S/C12H14O3/c1-12(6-3-9-13)7-4-10(5-8-12)11(14)15-2/h3-7,9H,8H2,1-2H3/b6-3+. The second-order valence-electron chi connectivity index (χ2n) is 3.69. The van der Waals surface area contributed by atoms with Gasteiger partial charge >= 0.3 is 5.97 Å². The summed E-state index contributed by atoms with van der Waals surface area (Å²) in [6, 6.07) is 0. The van der Waals surface area contributed by atoms with Crippen molar-refractivity contribution in [1.82, 2.24) is 0 Å². The number of esters is 1. The van der Waals surface area contributed by atoms with E-state index in [0.717, 1.165) is 6.29 Å². The van der Waals surface area contributed by atoms with Gasteiger partial charge in [-0.05, 0) is 12.5 Å². The summed E-state index contributed by atoms with van der Waals surface area (Å²) in [5.41, 5.74) is 0.382. The van der Waals surface area contributed by atoms with Crippen molar-refractivity contribution < 1.29 is 14.3 Å². The first kappa shape index (κ1) is 11.4. The molecule has 1 aliphatic carbocycles. The van der Waals surface area contributed by atoms with E-state index in [2.05, 4.69) is 4.74 Å². The van der Waals surface area contributed by atoms with Gasteiger partial charge < -0.3 is 4.74 Å². The zero-order valence-electron chi connectivity index (χ0n) is 8.90. The molecule has 0 spiro atoms. The second-order valence-corrected chi connectivity index (χ2v) is 3.69. The predicted octanol–water partition coefficient (Wildman–Crippen LogP) is 1.81. The van der Waals surface area contributed by atoms with Gasteiger partial charge in [-0.2, -0.15) is 0 Å². The maximum Gasteiger partial charge on any atom is 0.337 e. The molecule has 1 unspecified atom stereocenters. The lowest BCUT2D eigenvalue weighted by Crippen LogP contribution is -2.14. The zero-order chi connectivity index (χ0) is 11.3. The molecule has 0 aliphatic heterocycles. The van der Waals surface area contributed by atoms with Crippen LogP contribution in [0, 0.1) is 5.41 Å². The van der Waals surface area contributed by atoms with Crippen molar-refractivity contribution in [2.45, 2.75) is 13.3 Å². The minimum absolute atomic E-state index is 0.182. The Labute approximate surface area is 89.1 Å². The van der Waals surface area contributed by atoms with Gasteiger partial charge in [0.25, 0.3) is 0 Å². The molecule has 15 heavy (non-hydrogen) atoms. The summed E-state index contributed by atoms with van der Waals surface area (Å²) in [5, 5.41) is 0. The highest BCUT2D eigenvalue weighted by Gasteiger charge is 2.21. The van der Waals surface area contributed by atoms with Crippen LogP contribution in [0.5, 0.6) is 0 Å². The molecule has 0 amide bonds. The van der Waals surface area contributed by atoms with Gasteiger partial charge in [0.2, 0.25) is 0 Å². The van der Waals surface area contributed by atoms with E-state index in [-0.39, 0.29) is 11.4 Å². The van der Waals surface area contributed by atoms with Gasteiger partial charge in [0.15, 0.2) is 0 Å². The number of ether oxygens (including phenoxy) is 1. The Morgan fingerprint density at radius 3 is 2.80 bits per heavy atom. The van der Waals surface area contributed by atoms with Crippen molar-refractivity contribution in [3.8, 4) is 0 Å². The van der Waals surface area contributed by atoms with Crippen LogP contribution in [0.25, 0.3) is 0 Å². The summed E-state index contributed by atoms with van der Waals surface area (Å²) in [6.45, 7) is 1.99. The first-order chi connectivity index (χ1) is 7.11. The second kappa shape index (κ2) is 4.73. The molecule has 1 atom stereocenters. The van der Waals surface area contributed by atoms with E-state index in [1.54, 1.807) is 6.08 Å². The Morgan fingerprint density at radius 1 is 1.60 bits per heavy atom. The molecule has 0 saturated carbocycles. The molecular weight excluding hydrogens is 192 g/mol. The minimum atomic E-state index is -0.326. The van der Waals surface area contributed by atoms with Gasteiger partial charge in [0.05, 0.1) is 12.7 Å².